The number of phenols is 1. The first-order valence-corrected chi connectivity index (χ1v) is 7.55. The van der Waals surface area contributed by atoms with Crippen molar-refractivity contribution in [1.82, 2.24) is 10.2 Å². The van der Waals surface area contributed by atoms with Crippen LogP contribution < -0.4 is 5.32 Å². The van der Waals surface area contributed by atoms with Crippen molar-refractivity contribution in [3.63, 3.8) is 0 Å². The fourth-order valence-electron chi connectivity index (χ4n) is 1.79. The maximum absolute atomic E-state index is 11.9. The molecule has 0 spiro atoms. The summed E-state index contributed by atoms with van der Waals surface area (Å²) in [5.41, 5.74) is 0.874. The minimum absolute atomic E-state index is 0.126. The van der Waals surface area contributed by atoms with Gasteiger partial charge in [-0.2, -0.15) is 0 Å². The van der Waals surface area contributed by atoms with Crippen LogP contribution in [0.3, 0.4) is 0 Å². The normalized spacial score (nSPS) is 18.7. The van der Waals surface area contributed by atoms with Crippen molar-refractivity contribution in [3.05, 3.63) is 34.7 Å². The molecule has 0 saturated carbocycles. The third kappa shape index (κ3) is 4.91. The van der Waals surface area contributed by atoms with E-state index in [-0.39, 0.29) is 11.7 Å². The molecule has 1 fully saturated rings. The highest BCUT2D eigenvalue weighted by atomic mass is 32.2. The molecule has 1 heterocycles. The molecule has 21 heavy (non-hydrogen) atoms. The molecule has 0 unspecified atom stereocenters. The average molecular weight is 305 g/mol. The van der Waals surface area contributed by atoms with Gasteiger partial charge < -0.3 is 15.3 Å². The third-order valence-corrected chi connectivity index (χ3v) is 3.81. The number of nitrogens with zero attached hydrogens (tertiary/aromatic N) is 2. The predicted molar refractivity (Wildman–Crippen MR) is 87.3 cm³/mol. The molecule has 0 aromatic heterocycles. The Morgan fingerprint density at radius 2 is 2.05 bits per heavy atom. The van der Waals surface area contributed by atoms with Gasteiger partial charge in [-0.25, -0.2) is 0 Å². The maximum atomic E-state index is 11.9. The Kier molecular flexibility index (Phi) is 5.41. The number of aromatic hydroxyl groups is 1. The van der Waals surface area contributed by atoms with E-state index in [9.17, 15) is 9.90 Å². The van der Waals surface area contributed by atoms with Crippen LogP contribution in [0.5, 0.6) is 5.75 Å². The Morgan fingerprint density at radius 3 is 2.71 bits per heavy atom. The van der Waals surface area contributed by atoms with E-state index in [1.165, 1.54) is 11.8 Å². The summed E-state index contributed by atoms with van der Waals surface area (Å²) < 4.78 is 0. The number of amides is 1. The highest BCUT2D eigenvalue weighted by Crippen LogP contribution is 2.26. The zero-order valence-corrected chi connectivity index (χ0v) is 13.0. The molecule has 0 radical (unpaired) electrons. The SMILES string of the molecule is CN(C)CCCN=C1NC(=O)/C(=C/c2ccc(O)cc2)S1. The summed E-state index contributed by atoms with van der Waals surface area (Å²) in [6.45, 7) is 1.68. The number of carbonyl (C=O) groups excluding carboxylic acids is 1. The van der Waals surface area contributed by atoms with Crippen molar-refractivity contribution in [3.8, 4) is 5.75 Å². The van der Waals surface area contributed by atoms with Crippen molar-refractivity contribution in [2.75, 3.05) is 27.2 Å². The van der Waals surface area contributed by atoms with Gasteiger partial charge in [-0.1, -0.05) is 12.1 Å². The van der Waals surface area contributed by atoms with Crippen LogP contribution in [-0.4, -0.2) is 48.3 Å². The van der Waals surface area contributed by atoms with Crippen molar-refractivity contribution in [1.29, 1.82) is 0 Å². The quantitative estimate of drug-likeness (QED) is 0.644. The summed E-state index contributed by atoms with van der Waals surface area (Å²) in [5.74, 6) is 0.0863. The lowest BCUT2D eigenvalue weighted by Crippen LogP contribution is -2.20. The first-order chi connectivity index (χ1) is 10.0. The molecule has 112 valence electrons. The van der Waals surface area contributed by atoms with Crippen LogP contribution >= 0.6 is 11.8 Å². The molecular formula is C15H19N3O2S. The van der Waals surface area contributed by atoms with Crippen LogP contribution in [0.2, 0.25) is 0 Å². The van der Waals surface area contributed by atoms with Crippen LogP contribution in [0.25, 0.3) is 6.08 Å². The van der Waals surface area contributed by atoms with Gasteiger partial charge >= 0.3 is 0 Å². The minimum Gasteiger partial charge on any atom is -0.508 e. The Morgan fingerprint density at radius 1 is 1.33 bits per heavy atom. The second-order valence-electron chi connectivity index (χ2n) is 5.00. The lowest BCUT2D eigenvalue weighted by atomic mass is 10.2. The van der Waals surface area contributed by atoms with Crippen molar-refractivity contribution in [2.24, 2.45) is 4.99 Å². The Labute approximate surface area is 128 Å². The third-order valence-electron chi connectivity index (χ3n) is 2.86. The summed E-state index contributed by atoms with van der Waals surface area (Å²) in [4.78, 5) is 19.0. The van der Waals surface area contributed by atoms with Gasteiger partial charge in [-0.15, -0.1) is 0 Å². The molecule has 1 aromatic rings. The summed E-state index contributed by atoms with van der Waals surface area (Å²) in [6, 6.07) is 6.73. The van der Waals surface area contributed by atoms with Gasteiger partial charge in [0.15, 0.2) is 5.17 Å². The van der Waals surface area contributed by atoms with Crippen molar-refractivity contribution >= 4 is 28.9 Å². The first-order valence-electron chi connectivity index (χ1n) is 6.74. The Hall–Kier alpha value is -1.79. The van der Waals surface area contributed by atoms with E-state index in [2.05, 4.69) is 15.2 Å². The standard InChI is InChI=1S/C15H19N3O2S/c1-18(2)9-3-8-16-15-17-14(20)13(21-15)10-11-4-6-12(19)7-5-11/h4-7,10,19H,3,8-9H2,1-2H3,(H,16,17,20)/b13-10-. The zero-order valence-electron chi connectivity index (χ0n) is 12.2. The van der Waals surface area contributed by atoms with Crippen LogP contribution in [0, 0.1) is 0 Å². The topological polar surface area (TPSA) is 64.9 Å². The number of phenolic OH excluding ortho intramolecular Hbond substituents is 1. The van der Waals surface area contributed by atoms with Crippen LogP contribution in [-0.2, 0) is 4.79 Å². The molecule has 1 amide bonds. The van der Waals surface area contributed by atoms with Gasteiger partial charge in [0.1, 0.15) is 5.75 Å². The smallest absolute Gasteiger partial charge is 0.264 e. The average Bonchev–Trinajstić information content (AvgIpc) is 2.78. The summed E-state index contributed by atoms with van der Waals surface area (Å²) in [6.07, 6.45) is 2.76. The van der Waals surface area contributed by atoms with Crippen molar-refractivity contribution < 1.29 is 9.90 Å². The van der Waals surface area contributed by atoms with Gasteiger partial charge in [0.05, 0.1) is 4.91 Å². The largest absolute Gasteiger partial charge is 0.508 e. The molecular weight excluding hydrogens is 286 g/mol. The molecule has 1 saturated heterocycles. The second-order valence-corrected chi connectivity index (χ2v) is 6.03. The molecule has 0 bridgehead atoms. The summed E-state index contributed by atoms with van der Waals surface area (Å²) >= 11 is 1.35. The summed E-state index contributed by atoms with van der Waals surface area (Å²) in [7, 11) is 4.05. The van der Waals surface area contributed by atoms with Crippen LogP contribution in [0.15, 0.2) is 34.2 Å². The zero-order chi connectivity index (χ0) is 15.2. The number of hydrogen-bond acceptors (Lipinski definition) is 5. The number of thioether (sulfide) groups is 1. The molecule has 1 aliphatic heterocycles. The molecule has 0 atom stereocenters. The van der Waals surface area contributed by atoms with E-state index in [1.54, 1.807) is 30.3 Å². The Balaban J connectivity index is 1.96. The Bertz CT molecular complexity index is 565. The number of carbonyl (C=O) groups is 1. The molecule has 6 heteroatoms. The maximum Gasteiger partial charge on any atom is 0.264 e. The predicted octanol–water partition coefficient (Wildman–Crippen LogP) is 1.90. The fraction of sp³-hybridized carbons (Fsp3) is 0.333. The van der Waals surface area contributed by atoms with E-state index < -0.39 is 0 Å². The first kappa shape index (κ1) is 15.6. The molecule has 5 nitrogen and oxygen atoms in total. The molecule has 0 aliphatic carbocycles. The van der Waals surface area contributed by atoms with E-state index in [0.29, 0.717) is 16.6 Å². The van der Waals surface area contributed by atoms with Gasteiger partial charge in [0.25, 0.3) is 5.91 Å². The number of benzene rings is 1. The highest BCUT2D eigenvalue weighted by molar-refractivity contribution is 8.18. The molecule has 2 rings (SSSR count). The number of rotatable bonds is 5. The molecule has 1 aliphatic rings. The van der Waals surface area contributed by atoms with Gasteiger partial charge in [-0.3, -0.25) is 9.79 Å². The van der Waals surface area contributed by atoms with E-state index in [1.807, 2.05) is 14.1 Å². The number of nitrogens with one attached hydrogen (secondary N) is 1. The van der Waals surface area contributed by atoms with Crippen LogP contribution in [0.4, 0.5) is 0 Å². The lowest BCUT2D eigenvalue weighted by Gasteiger charge is -2.06. The van der Waals surface area contributed by atoms with E-state index in [4.69, 9.17) is 0 Å². The minimum atomic E-state index is -0.126. The monoisotopic (exact) mass is 305 g/mol. The van der Waals surface area contributed by atoms with Gasteiger partial charge in [0.2, 0.25) is 0 Å². The summed E-state index contributed by atoms with van der Waals surface area (Å²) in [5, 5.41) is 12.7. The van der Waals surface area contributed by atoms with Gasteiger partial charge in [-0.05, 0) is 62.6 Å². The fourth-order valence-corrected chi connectivity index (χ4v) is 2.64. The van der Waals surface area contributed by atoms with E-state index in [0.717, 1.165) is 18.5 Å². The van der Waals surface area contributed by atoms with E-state index >= 15 is 0 Å². The lowest BCUT2D eigenvalue weighted by molar-refractivity contribution is -0.115. The van der Waals surface area contributed by atoms with Gasteiger partial charge in [0, 0.05) is 6.54 Å². The highest BCUT2D eigenvalue weighted by Gasteiger charge is 2.23. The number of amidine groups is 1. The molecule has 2 N–H and O–H groups in total. The second kappa shape index (κ2) is 7.28. The van der Waals surface area contributed by atoms with Crippen LogP contribution in [0.1, 0.15) is 12.0 Å². The number of hydrogen-bond donors (Lipinski definition) is 2. The number of aliphatic imine (C=N–C) groups is 1. The molecule has 1 aromatic carbocycles. The van der Waals surface area contributed by atoms with Crippen molar-refractivity contribution in [2.45, 2.75) is 6.42 Å².